The van der Waals surface area contributed by atoms with E-state index >= 15 is 0 Å². The van der Waals surface area contributed by atoms with Gasteiger partial charge in [0.1, 0.15) is 18.9 Å². The molecular weight excluding hydrogens is 731 g/mol. The number of aliphatic hydroxyl groups excluding tert-OH is 3. The molecule has 1 rings (SSSR count). The molecule has 326 valence electrons. The third-order valence-corrected chi connectivity index (χ3v) is 11.4. The minimum atomic E-state index is -4.66. The molecular formula is C44H81N2O9P. The van der Waals surface area contributed by atoms with Gasteiger partial charge in [-0.2, -0.15) is 0 Å². The van der Waals surface area contributed by atoms with E-state index in [1.807, 2.05) is 39.4 Å². The van der Waals surface area contributed by atoms with Crippen LogP contribution in [0.1, 0.15) is 155 Å². The molecule has 11 nitrogen and oxygen atoms in total. The number of Topliss-reactive ketones (excluding diaryl/α,β-unsaturated/α-hetero) is 1. The summed E-state index contributed by atoms with van der Waals surface area (Å²) in [6, 6.07) is -0.989. The molecule has 1 unspecified atom stereocenters. The van der Waals surface area contributed by atoms with Crippen LogP contribution in [0.15, 0.2) is 36.5 Å². The number of aliphatic hydroxyl groups is 3. The Balaban J connectivity index is 2.59. The highest BCUT2D eigenvalue weighted by atomic mass is 31.2. The summed E-state index contributed by atoms with van der Waals surface area (Å²) >= 11 is 0. The number of nitrogens with one attached hydrogen (secondary N) is 1. The summed E-state index contributed by atoms with van der Waals surface area (Å²) in [5.41, 5.74) is 0. The van der Waals surface area contributed by atoms with Gasteiger partial charge in [0.15, 0.2) is 0 Å². The maximum Gasteiger partial charge on any atom is 0.268 e. The van der Waals surface area contributed by atoms with Crippen LogP contribution in [-0.4, -0.2) is 96.7 Å². The Labute approximate surface area is 340 Å². The van der Waals surface area contributed by atoms with E-state index in [-0.39, 0.29) is 37.1 Å². The van der Waals surface area contributed by atoms with E-state index in [0.717, 1.165) is 38.5 Å². The minimum absolute atomic E-state index is 0.0199. The molecule has 0 spiro atoms. The first-order chi connectivity index (χ1) is 26.7. The zero-order valence-corrected chi connectivity index (χ0v) is 36.7. The number of likely N-dealkylation sites (N-methyl/N-ethyl adjacent to an activating group) is 1. The van der Waals surface area contributed by atoms with Crippen LogP contribution in [0.3, 0.4) is 0 Å². The zero-order valence-electron chi connectivity index (χ0n) is 35.8. The first-order valence-electron chi connectivity index (χ1n) is 22.0. The average molecular weight is 813 g/mol. The molecule has 12 heteroatoms. The van der Waals surface area contributed by atoms with Crippen LogP contribution >= 0.6 is 7.82 Å². The van der Waals surface area contributed by atoms with Crippen molar-refractivity contribution < 1.29 is 47.9 Å². The van der Waals surface area contributed by atoms with E-state index in [9.17, 15) is 34.4 Å². The molecule has 1 aliphatic carbocycles. The van der Waals surface area contributed by atoms with Crippen molar-refractivity contribution >= 4 is 19.5 Å². The van der Waals surface area contributed by atoms with Crippen LogP contribution in [0.4, 0.5) is 0 Å². The van der Waals surface area contributed by atoms with Gasteiger partial charge >= 0.3 is 0 Å². The van der Waals surface area contributed by atoms with Crippen molar-refractivity contribution in [3.63, 3.8) is 0 Å². The maximum absolute atomic E-state index is 12.9. The van der Waals surface area contributed by atoms with Crippen LogP contribution < -0.4 is 10.2 Å². The molecule has 0 heterocycles. The van der Waals surface area contributed by atoms with E-state index in [1.165, 1.54) is 64.2 Å². The molecule has 1 saturated carbocycles. The summed E-state index contributed by atoms with van der Waals surface area (Å²) in [5, 5.41) is 34.5. The van der Waals surface area contributed by atoms with E-state index < -0.39 is 44.7 Å². The van der Waals surface area contributed by atoms with Crippen LogP contribution in [-0.2, 0) is 23.2 Å². The highest BCUT2D eigenvalue weighted by molar-refractivity contribution is 7.45. The number of quaternary nitrogens is 1. The highest BCUT2D eigenvalue weighted by Crippen LogP contribution is 2.38. The highest BCUT2D eigenvalue weighted by Gasteiger charge is 2.39. The average Bonchev–Trinajstić information content (AvgIpc) is 3.40. The normalized spacial score (nSPS) is 20.7. The Morgan fingerprint density at radius 2 is 1.45 bits per heavy atom. The molecule has 0 saturated heterocycles. The number of carbonyl (C=O) groups excluding carboxylic acids is 2. The predicted octanol–water partition coefficient (Wildman–Crippen LogP) is 7.87. The van der Waals surface area contributed by atoms with Gasteiger partial charge in [-0.3, -0.25) is 14.2 Å². The number of carbonyl (C=O) groups is 2. The summed E-state index contributed by atoms with van der Waals surface area (Å²) in [5.74, 6) is -1.05. The molecule has 0 aromatic carbocycles. The van der Waals surface area contributed by atoms with Gasteiger partial charge in [-0.1, -0.05) is 140 Å². The van der Waals surface area contributed by atoms with Crippen molar-refractivity contribution in [3.05, 3.63) is 36.5 Å². The molecule has 1 fully saturated rings. The van der Waals surface area contributed by atoms with Crippen molar-refractivity contribution in [2.24, 2.45) is 11.8 Å². The van der Waals surface area contributed by atoms with Crippen LogP contribution in [0.25, 0.3) is 0 Å². The van der Waals surface area contributed by atoms with E-state index in [0.29, 0.717) is 36.7 Å². The number of hydrogen-bond donors (Lipinski definition) is 4. The summed E-state index contributed by atoms with van der Waals surface area (Å²) in [6.45, 7) is 4.29. The second-order valence-electron chi connectivity index (χ2n) is 16.8. The Bertz CT molecular complexity index is 1170. The second-order valence-corrected chi connectivity index (χ2v) is 18.2. The van der Waals surface area contributed by atoms with Gasteiger partial charge in [0.25, 0.3) is 7.82 Å². The number of allylic oxidation sites excluding steroid dienone is 4. The smallest absolute Gasteiger partial charge is 0.268 e. The summed E-state index contributed by atoms with van der Waals surface area (Å²) in [6.07, 6.45) is 29.7. The number of hydrogen-bond acceptors (Lipinski definition) is 9. The fraction of sp³-hybridized carbons (Fsp3) is 0.818. The molecule has 0 aromatic heterocycles. The van der Waals surface area contributed by atoms with Gasteiger partial charge in [0.05, 0.1) is 52.1 Å². The van der Waals surface area contributed by atoms with Gasteiger partial charge in [-0.25, -0.2) is 0 Å². The third-order valence-electron chi connectivity index (χ3n) is 10.5. The minimum Gasteiger partial charge on any atom is -0.756 e. The predicted molar refractivity (Wildman–Crippen MR) is 225 cm³/mol. The lowest BCUT2D eigenvalue weighted by molar-refractivity contribution is -0.870. The number of nitrogens with zero attached hydrogens (tertiary/aromatic N) is 1. The van der Waals surface area contributed by atoms with Gasteiger partial charge in [0.2, 0.25) is 5.91 Å². The lowest BCUT2D eigenvalue weighted by Crippen LogP contribution is -2.45. The SMILES string of the molecule is CCCCCCCCCCCCCC/C=C/[C@@H](O)[C@H](COP(=O)([O-])OCC[N+](C)(C)C)NC(=O)CCC/C=C\C[C@H]1[C@@H](O)CC(=O)[C@@H]1/C=C/[C@@H](O)CCCCC. The number of amides is 1. The maximum atomic E-state index is 12.9. The third kappa shape index (κ3) is 27.1. The zero-order chi connectivity index (χ0) is 41.7. The van der Waals surface area contributed by atoms with Gasteiger partial charge in [-0.15, -0.1) is 0 Å². The number of phosphoric acid groups is 1. The van der Waals surface area contributed by atoms with Crippen molar-refractivity contribution in [3.8, 4) is 0 Å². The molecule has 7 atom stereocenters. The second kappa shape index (κ2) is 31.3. The molecule has 1 amide bonds. The Morgan fingerprint density at radius 1 is 0.857 bits per heavy atom. The Kier molecular flexibility index (Phi) is 29.2. The van der Waals surface area contributed by atoms with Gasteiger partial charge in [-0.05, 0) is 38.5 Å². The summed E-state index contributed by atoms with van der Waals surface area (Å²) < 4.78 is 23.1. The molecule has 56 heavy (non-hydrogen) atoms. The first-order valence-corrected chi connectivity index (χ1v) is 23.4. The lowest BCUT2D eigenvalue weighted by Gasteiger charge is -2.29. The fourth-order valence-electron chi connectivity index (χ4n) is 6.84. The lowest BCUT2D eigenvalue weighted by atomic mass is 9.90. The standard InChI is InChI=1S/C44H81N2O9P/c1-6-8-10-11-12-13-14-15-16-17-18-19-20-25-29-41(48)40(36-55-56(52,53)54-34-33-46(3,4)5)45-44(51)30-26-22-21-24-28-38-39(43(50)35-42(38)49)32-31-37(47)27-23-9-7-2/h21,24-25,29,31-32,37-42,47-49H,6-20,22-23,26-28,30,33-36H2,1-5H3,(H-,45,51,52,53)/b24-21-,29-25+,32-31+/t37-,38+,39+,40-,41+,42-/m0/s1. The van der Waals surface area contributed by atoms with E-state index in [2.05, 4.69) is 19.2 Å². The van der Waals surface area contributed by atoms with E-state index in [4.69, 9.17) is 9.05 Å². The van der Waals surface area contributed by atoms with Crippen molar-refractivity contribution in [2.45, 2.75) is 179 Å². The number of ketones is 1. The molecule has 1 aliphatic rings. The van der Waals surface area contributed by atoms with Crippen molar-refractivity contribution in [1.82, 2.24) is 5.32 Å². The molecule has 0 aromatic rings. The summed E-state index contributed by atoms with van der Waals surface area (Å²) in [4.78, 5) is 38.0. The van der Waals surface area contributed by atoms with Crippen LogP contribution in [0.5, 0.6) is 0 Å². The fourth-order valence-corrected chi connectivity index (χ4v) is 7.56. The molecule has 0 aliphatic heterocycles. The number of rotatable bonds is 35. The number of phosphoric ester groups is 1. The van der Waals surface area contributed by atoms with Crippen LogP contribution in [0.2, 0.25) is 0 Å². The first kappa shape index (κ1) is 52.3. The largest absolute Gasteiger partial charge is 0.756 e. The van der Waals surface area contributed by atoms with E-state index in [1.54, 1.807) is 18.2 Å². The Hall–Kier alpha value is -1.69. The van der Waals surface area contributed by atoms with Crippen LogP contribution in [0, 0.1) is 11.8 Å². The molecule has 0 bridgehead atoms. The van der Waals surface area contributed by atoms with Crippen molar-refractivity contribution in [2.75, 3.05) is 40.9 Å². The monoisotopic (exact) mass is 813 g/mol. The summed E-state index contributed by atoms with van der Waals surface area (Å²) in [7, 11) is 1.09. The number of unbranched alkanes of at least 4 members (excludes halogenated alkanes) is 15. The van der Waals surface area contributed by atoms with Gasteiger partial charge < -0.3 is 39.1 Å². The molecule has 0 radical (unpaired) electrons. The Morgan fingerprint density at radius 3 is 2.07 bits per heavy atom. The van der Waals surface area contributed by atoms with Crippen molar-refractivity contribution in [1.29, 1.82) is 0 Å². The van der Waals surface area contributed by atoms with Gasteiger partial charge in [0, 0.05) is 24.7 Å². The topological polar surface area (TPSA) is 165 Å². The quantitative estimate of drug-likeness (QED) is 0.0216. The molecule has 4 N–H and O–H groups in total.